The van der Waals surface area contributed by atoms with Gasteiger partial charge in [0, 0.05) is 31.7 Å². The normalized spacial score (nSPS) is 21.4. The molecule has 138 valence electrons. The predicted octanol–water partition coefficient (Wildman–Crippen LogP) is 2.98. The molecule has 1 aromatic carbocycles. The second-order valence-electron chi connectivity index (χ2n) is 7.59. The van der Waals surface area contributed by atoms with Crippen LogP contribution in [0.1, 0.15) is 49.9 Å². The summed E-state index contributed by atoms with van der Waals surface area (Å²) in [6.45, 7) is 6.98. The first-order valence-electron chi connectivity index (χ1n) is 9.27. The Bertz CT molecular complexity index is 716. The Kier molecular flexibility index (Phi) is 5.49. The smallest absolute Gasteiger partial charge is 0.253 e. The fourth-order valence-corrected chi connectivity index (χ4v) is 5.07. The minimum atomic E-state index is -3.52. The lowest BCUT2D eigenvalue weighted by Crippen LogP contribution is -2.39. The van der Waals surface area contributed by atoms with Crippen LogP contribution in [-0.4, -0.2) is 49.7 Å². The van der Waals surface area contributed by atoms with Gasteiger partial charge in [-0.2, -0.15) is 4.31 Å². The maximum Gasteiger partial charge on any atom is 0.253 e. The second kappa shape index (κ2) is 7.46. The molecule has 0 unspecified atom stereocenters. The Balaban J connectivity index is 1.78. The average Bonchev–Trinajstić information content (AvgIpc) is 2.62. The van der Waals surface area contributed by atoms with Gasteiger partial charge in [0.15, 0.2) is 0 Å². The summed E-state index contributed by atoms with van der Waals surface area (Å²) < 4.78 is 27.3. The Morgan fingerprint density at radius 1 is 0.960 bits per heavy atom. The molecule has 0 aliphatic carbocycles. The molecule has 1 amide bonds. The van der Waals surface area contributed by atoms with E-state index >= 15 is 0 Å². The first-order chi connectivity index (χ1) is 11.9. The quantitative estimate of drug-likeness (QED) is 0.828. The number of nitrogens with zero attached hydrogens (tertiary/aromatic N) is 2. The van der Waals surface area contributed by atoms with Crippen molar-refractivity contribution in [2.75, 3.05) is 26.2 Å². The molecule has 0 spiro atoms. The minimum absolute atomic E-state index is 0.0591. The molecule has 5 nitrogen and oxygen atoms in total. The number of sulfonamides is 1. The molecule has 2 saturated heterocycles. The van der Waals surface area contributed by atoms with E-state index in [0.717, 1.165) is 38.8 Å². The predicted molar refractivity (Wildman–Crippen MR) is 97.9 cm³/mol. The van der Waals surface area contributed by atoms with Gasteiger partial charge in [0.05, 0.1) is 4.90 Å². The third kappa shape index (κ3) is 4.06. The van der Waals surface area contributed by atoms with Gasteiger partial charge < -0.3 is 4.90 Å². The van der Waals surface area contributed by atoms with E-state index in [9.17, 15) is 13.2 Å². The highest BCUT2D eigenvalue weighted by Gasteiger charge is 2.29. The van der Waals surface area contributed by atoms with E-state index in [0.29, 0.717) is 30.5 Å². The highest BCUT2D eigenvalue weighted by molar-refractivity contribution is 7.89. The molecule has 0 aromatic heterocycles. The number of benzene rings is 1. The molecule has 1 aromatic rings. The number of likely N-dealkylation sites (tertiary alicyclic amines) is 1. The number of carbonyl (C=O) groups excluding carboxylic acids is 1. The molecule has 2 fully saturated rings. The summed E-state index contributed by atoms with van der Waals surface area (Å²) in [5.74, 6) is 1.16. The first kappa shape index (κ1) is 18.4. The van der Waals surface area contributed by atoms with Crippen LogP contribution in [0.25, 0.3) is 0 Å². The van der Waals surface area contributed by atoms with E-state index < -0.39 is 10.0 Å². The topological polar surface area (TPSA) is 57.7 Å². The third-order valence-electron chi connectivity index (χ3n) is 5.53. The minimum Gasteiger partial charge on any atom is -0.339 e. The molecule has 25 heavy (non-hydrogen) atoms. The van der Waals surface area contributed by atoms with Gasteiger partial charge in [0.1, 0.15) is 0 Å². The zero-order chi connectivity index (χ0) is 18.0. The Morgan fingerprint density at radius 3 is 2.12 bits per heavy atom. The fraction of sp³-hybridized carbons (Fsp3) is 0.632. The summed E-state index contributed by atoms with van der Waals surface area (Å²) in [6.07, 6.45) is 3.80. The zero-order valence-electron chi connectivity index (χ0n) is 15.1. The van der Waals surface area contributed by atoms with Gasteiger partial charge >= 0.3 is 0 Å². The zero-order valence-corrected chi connectivity index (χ0v) is 16.0. The first-order valence-corrected chi connectivity index (χ1v) is 10.7. The average molecular weight is 365 g/mol. The van der Waals surface area contributed by atoms with Gasteiger partial charge in [-0.1, -0.05) is 19.9 Å². The Hall–Kier alpha value is -1.40. The largest absolute Gasteiger partial charge is 0.339 e. The fourth-order valence-electron chi connectivity index (χ4n) is 3.56. The number of rotatable bonds is 3. The third-order valence-corrected chi connectivity index (χ3v) is 7.43. The highest BCUT2D eigenvalue weighted by Crippen LogP contribution is 2.25. The molecule has 0 saturated carbocycles. The van der Waals surface area contributed by atoms with Crippen molar-refractivity contribution in [2.45, 2.75) is 44.4 Å². The number of amides is 1. The molecule has 0 bridgehead atoms. The monoisotopic (exact) mass is 364 g/mol. The summed E-state index contributed by atoms with van der Waals surface area (Å²) in [5.41, 5.74) is 0.473. The van der Waals surface area contributed by atoms with Crippen LogP contribution in [0.5, 0.6) is 0 Å². The van der Waals surface area contributed by atoms with Gasteiger partial charge in [-0.25, -0.2) is 8.42 Å². The van der Waals surface area contributed by atoms with E-state index in [1.165, 1.54) is 0 Å². The van der Waals surface area contributed by atoms with Crippen LogP contribution in [0.2, 0.25) is 0 Å². The van der Waals surface area contributed by atoms with Crippen LogP contribution < -0.4 is 0 Å². The lowest BCUT2D eigenvalue weighted by Gasteiger charge is -2.31. The maximum atomic E-state index is 12.9. The maximum absolute atomic E-state index is 12.9. The van der Waals surface area contributed by atoms with E-state index in [-0.39, 0.29) is 10.8 Å². The van der Waals surface area contributed by atoms with E-state index in [1.807, 2.05) is 4.90 Å². The summed E-state index contributed by atoms with van der Waals surface area (Å²) in [5, 5.41) is 0. The SMILES string of the molecule is CC1CCN(C(=O)c2cccc(S(=O)(=O)N3CCC(C)CC3)c2)CC1. The standard InChI is InChI=1S/C19H28N2O3S/c1-15-6-10-20(11-7-15)19(22)17-4-3-5-18(14-17)25(23,24)21-12-8-16(2)9-13-21/h3-5,14-16H,6-13H2,1-2H3. The molecule has 0 radical (unpaired) electrons. The molecule has 3 rings (SSSR count). The highest BCUT2D eigenvalue weighted by atomic mass is 32.2. The lowest BCUT2D eigenvalue weighted by atomic mass is 9.98. The number of carbonyl (C=O) groups is 1. The molecular formula is C19H28N2O3S. The van der Waals surface area contributed by atoms with Gasteiger partial charge in [0.25, 0.3) is 5.91 Å². The van der Waals surface area contributed by atoms with Crippen molar-refractivity contribution in [1.29, 1.82) is 0 Å². The molecule has 2 aliphatic heterocycles. The molecule has 2 aliphatic rings. The Morgan fingerprint density at radius 2 is 1.52 bits per heavy atom. The molecule has 2 heterocycles. The van der Waals surface area contributed by atoms with Crippen molar-refractivity contribution in [3.8, 4) is 0 Å². The molecule has 6 heteroatoms. The number of hydrogen-bond donors (Lipinski definition) is 0. The van der Waals surface area contributed by atoms with Crippen molar-refractivity contribution >= 4 is 15.9 Å². The van der Waals surface area contributed by atoms with E-state index in [4.69, 9.17) is 0 Å². The van der Waals surface area contributed by atoms with Crippen LogP contribution in [0.15, 0.2) is 29.2 Å². The van der Waals surface area contributed by atoms with Crippen molar-refractivity contribution < 1.29 is 13.2 Å². The molecule has 0 atom stereocenters. The van der Waals surface area contributed by atoms with Crippen LogP contribution in [0.3, 0.4) is 0 Å². The van der Waals surface area contributed by atoms with Crippen LogP contribution >= 0.6 is 0 Å². The van der Waals surface area contributed by atoms with E-state index in [1.54, 1.807) is 28.6 Å². The number of piperidine rings is 2. The summed E-state index contributed by atoms with van der Waals surface area (Å²) in [4.78, 5) is 14.8. The summed E-state index contributed by atoms with van der Waals surface area (Å²) in [7, 11) is -3.52. The van der Waals surface area contributed by atoms with E-state index in [2.05, 4.69) is 13.8 Å². The molecular weight excluding hydrogens is 336 g/mol. The Labute approximate surface area is 151 Å². The van der Waals surface area contributed by atoms with Crippen LogP contribution in [0, 0.1) is 11.8 Å². The summed E-state index contributed by atoms with van der Waals surface area (Å²) in [6, 6.07) is 6.55. The van der Waals surface area contributed by atoms with Crippen molar-refractivity contribution in [2.24, 2.45) is 11.8 Å². The van der Waals surface area contributed by atoms with Crippen molar-refractivity contribution in [3.05, 3.63) is 29.8 Å². The van der Waals surface area contributed by atoms with Crippen LogP contribution in [-0.2, 0) is 10.0 Å². The molecule has 0 N–H and O–H groups in total. The lowest BCUT2D eigenvalue weighted by molar-refractivity contribution is 0.0697. The number of hydrogen-bond acceptors (Lipinski definition) is 3. The van der Waals surface area contributed by atoms with Crippen LogP contribution in [0.4, 0.5) is 0 Å². The van der Waals surface area contributed by atoms with Gasteiger partial charge in [0.2, 0.25) is 10.0 Å². The van der Waals surface area contributed by atoms with Crippen molar-refractivity contribution in [1.82, 2.24) is 9.21 Å². The second-order valence-corrected chi connectivity index (χ2v) is 9.53. The van der Waals surface area contributed by atoms with Gasteiger partial charge in [-0.05, 0) is 55.7 Å². The van der Waals surface area contributed by atoms with Crippen molar-refractivity contribution in [3.63, 3.8) is 0 Å². The van der Waals surface area contributed by atoms with Gasteiger partial charge in [-0.3, -0.25) is 4.79 Å². The summed E-state index contributed by atoms with van der Waals surface area (Å²) >= 11 is 0. The van der Waals surface area contributed by atoms with Gasteiger partial charge in [-0.15, -0.1) is 0 Å².